The van der Waals surface area contributed by atoms with Crippen LogP contribution >= 0.6 is 11.8 Å². The van der Waals surface area contributed by atoms with Crippen LogP contribution in [0, 0.1) is 5.82 Å². The number of hydrogen-bond acceptors (Lipinski definition) is 6. The highest BCUT2D eigenvalue weighted by molar-refractivity contribution is 7.99. The van der Waals surface area contributed by atoms with Crippen LogP contribution in [-0.2, 0) is 11.3 Å². The lowest BCUT2D eigenvalue weighted by molar-refractivity contribution is 0.0953. The summed E-state index contributed by atoms with van der Waals surface area (Å²) in [6, 6.07) is 13.2. The maximum absolute atomic E-state index is 13.3. The van der Waals surface area contributed by atoms with Crippen LogP contribution in [0.15, 0.2) is 53.7 Å². The van der Waals surface area contributed by atoms with Gasteiger partial charge in [0.1, 0.15) is 11.6 Å². The number of Topliss-reactive ketones (excluding diaryl/α,β-unsaturated/α-hetero) is 1. The normalized spacial score (nSPS) is 16.0. The van der Waals surface area contributed by atoms with Gasteiger partial charge < -0.3 is 9.47 Å². The van der Waals surface area contributed by atoms with Crippen molar-refractivity contribution >= 4 is 17.5 Å². The quantitative estimate of drug-likeness (QED) is 0.396. The summed E-state index contributed by atoms with van der Waals surface area (Å²) in [4.78, 5) is 12.6. The molecule has 4 rings (SSSR count). The number of aromatic nitrogens is 3. The zero-order valence-electron chi connectivity index (χ0n) is 16.6. The first-order valence-electron chi connectivity index (χ1n) is 9.75. The SMILES string of the molecule is COc1ccc(C(=O)CSc2nnc(-c3ccc(F)cc3)n2CC2CCCO2)cc1. The summed E-state index contributed by atoms with van der Waals surface area (Å²) in [6.45, 7) is 1.34. The fourth-order valence-electron chi connectivity index (χ4n) is 3.35. The van der Waals surface area contributed by atoms with Crippen molar-refractivity contribution in [1.82, 2.24) is 14.8 Å². The molecule has 2 heterocycles. The van der Waals surface area contributed by atoms with E-state index in [-0.39, 0.29) is 23.5 Å². The minimum absolute atomic E-state index is 0.00217. The zero-order valence-corrected chi connectivity index (χ0v) is 17.4. The largest absolute Gasteiger partial charge is 0.497 e. The highest BCUT2D eigenvalue weighted by atomic mass is 32.2. The molecule has 156 valence electrons. The fraction of sp³-hybridized carbons (Fsp3) is 0.318. The first kappa shape index (κ1) is 20.6. The lowest BCUT2D eigenvalue weighted by atomic mass is 10.1. The molecular formula is C22H22FN3O3S. The Morgan fingerprint density at radius 2 is 1.97 bits per heavy atom. The summed E-state index contributed by atoms with van der Waals surface area (Å²) in [5.41, 5.74) is 1.39. The van der Waals surface area contributed by atoms with E-state index in [9.17, 15) is 9.18 Å². The van der Waals surface area contributed by atoms with Gasteiger partial charge in [-0.3, -0.25) is 9.36 Å². The predicted molar refractivity (Wildman–Crippen MR) is 112 cm³/mol. The molecule has 1 fully saturated rings. The molecule has 1 saturated heterocycles. The Hall–Kier alpha value is -2.71. The van der Waals surface area contributed by atoms with E-state index in [4.69, 9.17) is 9.47 Å². The first-order chi connectivity index (χ1) is 14.6. The molecule has 0 saturated carbocycles. The van der Waals surface area contributed by atoms with E-state index >= 15 is 0 Å². The molecule has 6 nitrogen and oxygen atoms in total. The third kappa shape index (κ3) is 4.71. The minimum Gasteiger partial charge on any atom is -0.497 e. The van der Waals surface area contributed by atoms with Gasteiger partial charge in [0.15, 0.2) is 16.8 Å². The Labute approximate surface area is 178 Å². The molecular weight excluding hydrogens is 405 g/mol. The van der Waals surface area contributed by atoms with Gasteiger partial charge in [0.05, 0.1) is 25.5 Å². The van der Waals surface area contributed by atoms with Crippen LogP contribution in [0.3, 0.4) is 0 Å². The van der Waals surface area contributed by atoms with Gasteiger partial charge in [-0.1, -0.05) is 11.8 Å². The maximum Gasteiger partial charge on any atom is 0.192 e. The maximum atomic E-state index is 13.3. The number of thioether (sulfide) groups is 1. The summed E-state index contributed by atoms with van der Waals surface area (Å²) >= 11 is 1.34. The molecule has 30 heavy (non-hydrogen) atoms. The predicted octanol–water partition coefficient (Wildman–Crippen LogP) is 4.25. The zero-order chi connectivity index (χ0) is 20.9. The molecule has 1 unspecified atom stereocenters. The summed E-state index contributed by atoms with van der Waals surface area (Å²) < 4.78 is 26.2. The number of methoxy groups -OCH3 is 1. The van der Waals surface area contributed by atoms with Crippen molar-refractivity contribution in [2.24, 2.45) is 0 Å². The first-order valence-corrected chi connectivity index (χ1v) is 10.7. The van der Waals surface area contributed by atoms with Gasteiger partial charge >= 0.3 is 0 Å². The molecule has 2 aromatic carbocycles. The standard InChI is InChI=1S/C22H22FN3O3S/c1-28-18-10-6-15(7-11-18)20(27)14-30-22-25-24-21(16-4-8-17(23)9-5-16)26(22)13-19-3-2-12-29-19/h4-11,19H,2-3,12-14H2,1H3. The molecule has 0 N–H and O–H groups in total. The van der Waals surface area contributed by atoms with Crippen molar-refractivity contribution in [3.8, 4) is 17.1 Å². The number of nitrogens with zero attached hydrogens (tertiary/aromatic N) is 3. The van der Waals surface area contributed by atoms with Crippen LogP contribution in [0.5, 0.6) is 5.75 Å². The number of hydrogen-bond donors (Lipinski definition) is 0. The smallest absolute Gasteiger partial charge is 0.192 e. The van der Waals surface area contributed by atoms with Crippen LogP contribution in [0.1, 0.15) is 23.2 Å². The number of halogens is 1. The van der Waals surface area contributed by atoms with Gasteiger partial charge in [0.25, 0.3) is 0 Å². The van der Waals surface area contributed by atoms with E-state index < -0.39 is 0 Å². The molecule has 1 atom stereocenters. The Kier molecular flexibility index (Phi) is 6.44. The number of ketones is 1. The van der Waals surface area contributed by atoms with Crippen LogP contribution in [-0.4, -0.2) is 46.1 Å². The molecule has 8 heteroatoms. The van der Waals surface area contributed by atoms with Gasteiger partial charge in [-0.15, -0.1) is 10.2 Å². The van der Waals surface area contributed by atoms with Crippen molar-refractivity contribution in [1.29, 1.82) is 0 Å². The summed E-state index contributed by atoms with van der Waals surface area (Å²) in [6.07, 6.45) is 2.07. The molecule has 0 radical (unpaired) electrons. The van der Waals surface area contributed by atoms with Gasteiger partial charge in [-0.05, 0) is 61.4 Å². The average molecular weight is 428 g/mol. The van der Waals surface area contributed by atoms with Crippen molar-refractivity contribution in [3.63, 3.8) is 0 Å². The van der Waals surface area contributed by atoms with E-state index in [0.717, 1.165) is 25.0 Å². The Bertz CT molecular complexity index is 999. The van der Waals surface area contributed by atoms with Crippen LogP contribution in [0.25, 0.3) is 11.4 Å². The minimum atomic E-state index is -0.302. The second-order valence-corrected chi connectivity index (χ2v) is 7.94. The van der Waals surface area contributed by atoms with Crippen LogP contribution in [0.2, 0.25) is 0 Å². The lowest BCUT2D eigenvalue weighted by Gasteiger charge is -2.14. The summed E-state index contributed by atoms with van der Waals surface area (Å²) in [7, 11) is 1.59. The van der Waals surface area contributed by atoms with E-state index in [2.05, 4.69) is 10.2 Å². The number of carbonyl (C=O) groups excluding carboxylic acids is 1. The molecule has 0 bridgehead atoms. The molecule has 1 aliphatic heterocycles. The number of benzene rings is 2. The van der Waals surface area contributed by atoms with Crippen molar-refractivity contribution in [3.05, 3.63) is 59.9 Å². The monoisotopic (exact) mass is 427 g/mol. The topological polar surface area (TPSA) is 66.2 Å². The average Bonchev–Trinajstić information content (AvgIpc) is 3.43. The molecule has 0 spiro atoms. The van der Waals surface area contributed by atoms with E-state index in [0.29, 0.717) is 28.8 Å². The summed E-state index contributed by atoms with van der Waals surface area (Å²) in [5, 5.41) is 9.27. The molecule has 1 aliphatic rings. The Balaban J connectivity index is 1.53. The van der Waals surface area contributed by atoms with Crippen molar-refractivity contribution in [2.45, 2.75) is 30.6 Å². The molecule has 0 amide bonds. The number of rotatable bonds is 8. The van der Waals surface area contributed by atoms with Gasteiger partial charge in [-0.25, -0.2) is 4.39 Å². The number of carbonyl (C=O) groups is 1. The van der Waals surface area contributed by atoms with Crippen LogP contribution < -0.4 is 4.74 Å². The Morgan fingerprint density at radius 1 is 1.20 bits per heavy atom. The van der Waals surface area contributed by atoms with Gasteiger partial charge in [0.2, 0.25) is 0 Å². The third-order valence-electron chi connectivity index (χ3n) is 4.97. The molecule has 0 aliphatic carbocycles. The highest BCUT2D eigenvalue weighted by Crippen LogP contribution is 2.27. The number of ether oxygens (including phenoxy) is 2. The van der Waals surface area contributed by atoms with Crippen LogP contribution in [0.4, 0.5) is 4.39 Å². The van der Waals surface area contributed by atoms with Crippen molar-refractivity contribution in [2.75, 3.05) is 19.5 Å². The lowest BCUT2D eigenvalue weighted by Crippen LogP contribution is -2.17. The second-order valence-electron chi connectivity index (χ2n) is 7.00. The van der Waals surface area contributed by atoms with Gasteiger partial charge in [0, 0.05) is 17.7 Å². The van der Waals surface area contributed by atoms with E-state index in [1.54, 1.807) is 43.5 Å². The van der Waals surface area contributed by atoms with E-state index in [1.807, 2.05) is 4.57 Å². The van der Waals surface area contributed by atoms with Gasteiger partial charge in [-0.2, -0.15) is 0 Å². The fourth-order valence-corrected chi connectivity index (χ4v) is 4.20. The third-order valence-corrected chi connectivity index (χ3v) is 5.94. The highest BCUT2D eigenvalue weighted by Gasteiger charge is 2.22. The Morgan fingerprint density at radius 3 is 2.63 bits per heavy atom. The summed E-state index contributed by atoms with van der Waals surface area (Å²) in [5.74, 6) is 1.28. The second kappa shape index (κ2) is 9.40. The molecule has 3 aromatic rings. The molecule has 1 aromatic heterocycles. The van der Waals surface area contributed by atoms with E-state index in [1.165, 1.54) is 23.9 Å². The van der Waals surface area contributed by atoms with Crippen molar-refractivity contribution < 1.29 is 18.7 Å².